The molecule has 7 heteroatoms. The van der Waals surface area contributed by atoms with Crippen molar-refractivity contribution in [2.45, 2.75) is 25.9 Å². The van der Waals surface area contributed by atoms with Crippen LogP contribution in [-0.4, -0.2) is 43.2 Å². The summed E-state index contributed by atoms with van der Waals surface area (Å²) in [6.45, 7) is 3.28. The second-order valence-electron chi connectivity index (χ2n) is 6.74. The zero-order valence-corrected chi connectivity index (χ0v) is 14.5. The number of piperidine rings is 1. The van der Waals surface area contributed by atoms with E-state index < -0.39 is 0 Å². The molecule has 26 heavy (non-hydrogen) atoms. The molecule has 0 N–H and O–H groups in total. The largest absolute Gasteiger partial charge is 0.299 e. The smallest absolute Gasteiger partial charge is 0.206 e. The molecule has 0 aliphatic carbocycles. The van der Waals surface area contributed by atoms with Crippen LogP contribution in [-0.2, 0) is 13.1 Å². The Balaban J connectivity index is 1.38. The Morgan fingerprint density at radius 3 is 2.92 bits per heavy atom. The first-order valence-corrected chi connectivity index (χ1v) is 8.92. The van der Waals surface area contributed by atoms with Gasteiger partial charge in [-0.1, -0.05) is 18.2 Å². The van der Waals surface area contributed by atoms with Gasteiger partial charge in [0, 0.05) is 36.6 Å². The molecule has 1 atom stereocenters. The van der Waals surface area contributed by atoms with Gasteiger partial charge in [-0.05, 0) is 48.7 Å². The van der Waals surface area contributed by atoms with E-state index in [0.717, 1.165) is 43.6 Å². The fraction of sp³-hybridized carbons (Fsp3) is 0.368. The van der Waals surface area contributed by atoms with E-state index in [0.29, 0.717) is 18.3 Å². The molecule has 0 spiro atoms. The Morgan fingerprint density at radius 2 is 2.08 bits per heavy atom. The van der Waals surface area contributed by atoms with Gasteiger partial charge in [0.2, 0.25) is 5.82 Å². The van der Waals surface area contributed by atoms with Gasteiger partial charge >= 0.3 is 0 Å². The van der Waals surface area contributed by atoms with E-state index in [-0.39, 0.29) is 5.82 Å². The van der Waals surface area contributed by atoms with Crippen LogP contribution in [0, 0.1) is 11.7 Å². The van der Waals surface area contributed by atoms with Crippen molar-refractivity contribution in [2.75, 3.05) is 13.1 Å². The minimum absolute atomic E-state index is 0.131. The molecule has 6 nitrogen and oxygen atoms in total. The van der Waals surface area contributed by atoms with Gasteiger partial charge in [0.05, 0.1) is 6.54 Å². The van der Waals surface area contributed by atoms with Crippen molar-refractivity contribution in [2.24, 2.45) is 5.92 Å². The minimum atomic E-state index is -0.131. The standard InChI is InChI=1S/C19H21FN6/c20-18-8-2-1-6-17(18)14-25-10-4-5-15(12-25)13-26-23-19(22-24-26)16-7-3-9-21-11-16/h1-3,6-9,11,15H,4-5,10,12-14H2/t15-/m1/s1. The molecule has 1 aliphatic rings. The van der Waals surface area contributed by atoms with Crippen LogP contribution < -0.4 is 0 Å². The molecule has 1 aromatic carbocycles. The number of nitrogens with zero attached hydrogens (tertiary/aromatic N) is 6. The van der Waals surface area contributed by atoms with Gasteiger partial charge in [-0.3, -0.25) is 9.88 Å². The third-order valence-corrected chi connectivity index (χ3v) is 4.75. The summed E-state index contributed by atoms with van der Waals surface area (Å²) in [5, 5.41) is 12.8. The Labute approximate surface area is 151 Å². The lowest BCUT2D eigenvalue weighted by Crippen LogP contribution is -2.37. The van der Waals surface area contributed by atoms with Crippen LogP contribution in [0.2, 0.25) is 0 Å². The lowest BCUT2D eigenvalue weighted by atomic mass is 9.97. The van der Waals surface area contributed by atoms with Crippen molar-refractivity contribution in [3.63, 3.8) is 0 Å². The number of aromatic nitrogens is 5. The highest BCUT2D eigenvalue weighted by Gasteiger charge is 2.22. The third-order valence-electron chi connectivity index (χ3n) is 4.75. The van der Waals surface area contributed by atoms with E-state index in [1.165, 1.54) is 6.07 Å². The van der Waals surface area contributed by atoms with E-state index in [4.69, 9.17) is 0 Å². The van der Waals surface area contributed by atoms with Crippen molar-refractivity contribution in [3.05, 3.63) is 60.2 Å². The number of likely N-dealkylation sites (tertiary alicyclic amines) is 1. The molecule has 0 bridgehead atoms. The van der Waals surface area contributed by atoms with Gasteiger partial charge in [0.15, 0.2) is 0 Å². The number of tetrazole rings is 1. The Hall–Kier alpha value is -2.67. The van der Waals surface area contributed by atoms with Crippen molar-refractivity contribution in [1.82, 2.24) is 30.1 Å². The summed E-state index contributed by atoms with van der Waals surface area (Å²) in [5.41, 5.74) is 1.62. The Kier molecular flexibility index (Phi) is 4.97. The molecule has 1 fully saturated rings. The average molecular weight is 352 g/mol. The maximum absolute atomic E-state index is 13.9. The molecule has 1 aliphatic heterocycles. The maximum atomic E-state index is 13.9. The molecule has 2 aromatic heterocycles. The monoisotopic (exact) mass is 352 g/mol. The fourth-order valence-electron chi connectivity index (χ4n) is 3.47. The second-order valence-corrected chi connectivity index (χ2v) is 6.74. The van der Waals surface area contributed by atoms with E-state index in [1.54, 1.807) is 23.3 Å². The van der Waals surface area contributed by atoms with Crippen LogP contribution in [0.4, 0.5) is 4.39 Å². The fourth-order valence-corrected chi connectivity index (χ4v) is 3.47. The van der Waals surface area contributed by atoms with Crippen LogP contribution in [0.15, 0.2) is 48.8 Å². The highest BCUT2D eigenvalue weighted by molar-refractivity contribution is 5.51. The predicted molar refractivity (Wildman–Crippen MR) is 95.4 cm³/mol. The molecule has 4 rings (SSSR count). The van der Waals surface area contributed by atoms with Gasteiger partial charge in [-0.15, -0.1) is 10.2 Å². The third kappa shape index (κ3) is 3.94. The van der Waals surface area contributed by atoms with Crippen LogP contribution >= 0.6 is 0 Å². The van der Waals surface area contributed by atoms with Crippen LogP contribution in [0.3, 0.4) is 0 Å². The Bertz CT molecular complexity index is 850. The zero-order valence-electron chi connectivity index (χ0n) is 14.5. The van der Waals surface area contributed by atoms with E-state index in [1.807, 2.05) is 24.3 Å². The van der Waals surface area contributed by atoms with Crippen molar-refractivity contribution in [3.8, 4) is 11.4 Å². The lowest BCUT2D eigenvalue weighted by molar-refractivity contribution is 0.148. The number of benzene rings is 1. The van der Waals surface area contributed by atoms with E-state index in [2.05, 4.69) is 25.3 Å². The summed E-state index contributed by atoms with van der Waals surface area (Å²) >= 11 is 0. The van der Waals surface area contributed by atoms with E-state index in [9.17, 15) is 4.39 Å². The van der Waals surface area contributed by atoms with Crippen molar-refractivity contribution < 1.29 is 4.39 Å². The number of pyridine rings is 1. The number of rotatable bonds is 5. The van der Waals surface area contributed by atoms with E-state index >= 15 is 0 Å². The van der Waals surface area contributed by atoms with Crippen LogP contribution in [0.25, 0.3) is 11.4 Å². The van der Waals surface area contributed by atoms with Crippen molar-refractivity contribution >= 4 is 0 Å². The average Bonchev–Trinajstić information content (AvgIpc) is 3.13. The summed E-state index contributed by atoms with van der Waals surface area (Å²) < 4.78 is 13.9. The van der Waals surface area contributed by atoms with Gasteiger partial charge in [0.1, 0.15) is 5.82 Å². The Morgan fingerprint density at radius 1 is 1.15 bits per heavy atom. The highest BCUT2D eigenvalue weighted by atomic mass is 19.1. The summed E-state index contributed by atoms with van der Waals surface area (Å²) in [6, 6.07) is 10.8. The van der Waals surface area contributed by atoms with Gasteiger partial charge < -0.3 is 0 Å². The van der Waals surface area contributed by atoms with Gasteiger partial charge in [-0.25, -0.2) is 4.39 Å². The molecule has 3 aromatic rings. The molecular weight excluding hydrogens is 331 g/mol. The summed E-state index contributed by atoms with van der Waals surface area (Å²) in [4.78, 5) is 8.07. The molecule has 0 unspecified atom stereocenters. The molecule has 1 saturated heterocycles. The van der Waals surface area contributed by atoms with Crippen LogP contribution in [0.1, 0.15) is 18.4 Å². The number of halogens is 1. The highest BCUT2D eigenvalue weighted by Crippen LogP contribution is 2.21. The van der Waals surface area contributed by atoms with Crippen LogP contribution in [0.5, 0.6) is 0 Å². The second kappa shape index (κ2) is 7.70. The topological polar surface area (TPSA) is 59.7 Å². The minimum Gasteiger partial charge on any atom is -0.299 e. The molecular formula is C19H21FN6. The lowest BCUT2D eigenvalue weighted by Gasteiger charge is -2.32. The predicted octanol–water partition coefficient (Wildman–Crippen LogP) is 2.79. The van der Waals surface area contributed by atoms with Gasteiger partial charge in [-0.2, -0.15) is 4.80 Å². The quantitative estimate of drug-likeness (QED) is 0.707. The first-order valence-electron chi connectivity index (χ1n) is 8.92. The number of hydrogen-bond acceptors (Lipinski definition) is 5. The maximum Gasteiger partial charge on any atom is 0.206 e. The first kappa shape index (κ1) is 16.8. The summed E-state index contributed by atoms with van der Waals surface area (Å²) in [6.07, 6.45) is 5.68. The SMILES string of the molecule is Fc1ccccc1CN1CCC[C@@H](Cn2nnc(-c3cccnc3)n2)C1. The summed E-state index contributed by atoms with van der Waals surface area (Å²) in [7, 11) is 0. The molecule has 0 saturated carbocycles. The van der Waals surface area contributed by atoms with Crippen molar-refractivity contribution in [1.29, 1.82) is 0 Å². The molecule has 0 radical (unpaired) electrons. The number of hydrogen-bond donors (Lipinski definition) is 0. The molecule has 134 valence electrons. The van der Waals surface area contributed by atoms with Gasteiger partial charge in [0.25, 0.3) is 0 Å². The first-order chi connectivity index (χ1) is 12.8. The normalized spacial score (nSPS) is 18.1. The zero-order chi connectivity index (χ0) is 17.8. The summed E-state index contributed by atoms with van der Waals surface area (Å²) in [5.74, 6) is 0.900. The molecule has 3 heterocycles. The molecule has 0 amide bonds.